The minimum absolute atomic E-state index is 0.0495. The van der Waals surface area contributed by atoms with Gasteiger partial charge in [-0.2, -0.15) is 0 Å². The zero-order valence-electron chi connectivity index (χ0n) is 11.3. The van der Waals surface area contributed by atoms with Gasteiger partial charge >= 0.3 is 0 Å². The number of hydrogen-bond acceptors (Lipinski definition) is 3. The molecule has 1 rings (SSSR count). The molecule has 1 aromatic carbocycles. The second-order valence-corrected chi connectivity index (χ2v) is 4.17. The van der Waals surface area contributed by atoms with Crippen LogP contribution in [0.1, 0.15) is 29.3 Å². The Balaban J connectivity index is 2.96. The summed E-state index contributed by atoms with van der Waals surface area (Å²) in [6.45, 7) is 5.14. The molecule has 0 bridgehead atoms. The van der Waals surface area contributed by atoms with Crippen LogP contribution in [0.5, 0.6) is 5.75 Å². The first-order chi connectivity index (χ1) is 8.63. The van der Waals surface area contributed by atoms with Crippen LogP contribution in [-0.2, 0) is 0 Å². The van der Waals surface area contributed by atoms with Gasteiger partial charge < -0.3 is 14.7 Å². The molecule has 0 saturated heterocycles. The molecule has 0 aromatic heterocycles. The van der Waals surface area contributed by atoms with Crippen LogP contribution in [0.2, 0.25) is 0 Å². The van der Waals surface area contributed by atoms with E-state index in [4.69, 9.17) is 9.84 Å². The largest absolute Gasteiger partial charge is 0.496 e. The highest BCUT2D eigenvalue weighted by Gasteiger charge is 2.18. The molecule has 0 unspecified atom stereocenters. The summed E-state index contributed by atoms with van der Waals surface area (Å²) in [6.07, 6.45) is 0.591. The summed E-state index contributed by atoms with van der Waals surface area (Å²) >= 11 is 0. The second kappa shape index (κ2) is 7.01. The monoisotopic (exact) mass is 251 g/mol. The van der Waals surface area contributed by atoms with Gasteiger partial charge in [-0.05, 0) is 32.4 Å². The van der Waals surface area contributed by atoms with Gasteiger partial charge in [-0.15, -0.1) is 0 Å². The summed E-state index contributed by atoms with van der Waals surface area (Å²) in [5.74, 6) is 0.541. The van der Waals surface area contributed by atoms with Gasteiger partial charge in [0, 0.05) is 19.7 Å². The first-order valence-corrected chi connectivity index (χ1v) is 6.18. The Hall–Kier alpha value is -1.55. The van der Waals surface area contributed by atoms with Gasteiger partial charge in [-0.3, -0.25) is 4.79 Å². The smallest absolute Gasteiger partial charge is 0.257 e. The number of ether oxygens (including phenoxy) is 1. The molecular formula is C14H21NO3. The topological polar surface area (TPSA) is 49.8 Å². The van der Waals surface area contributed by atoms with Crippen molar-refractivity contribution in [3.05, 3.63) is 29.3 Å². The van der Waals surface area contributed by atoms with Crippen molar-refractivity contribution in [3.63, 3.8) is 0 Å². The molecule has 0 fully saturated rings. The second-order valence-electron chi connectivity index (χ2n) is 4.17. The summed E-state index contributed by atoms with van der Waals surface area (Å²) in [6, 6.07) is 5.56. The summed E-state index contributed by atoms with van der Waals surface area (Å²) in [4.78, 5) is 14.1. The van der Waals surface area contributed by atoms with E-state index < -0.39 is 0 Å². The first kappa shape index (κ1) is 14.5. The summed E-state index contributed by atoms with van der Waals surface area (Å²) in [5, 5.41) is 8.85. The zero-order valence-corrected chi connectivity index (χ0v) is 11.3. The standard InChI is InChI=1S/C14H21NO3/c1-4-15(8-5-9-16)14(17)12-10-11(2)6-7-13(12)18-3/h6-7,10,16H,4-5,8-9H2,1-3H3. The molecule has 4 nitrogen and oxygen atoms in total. The Bertz CT molecular complexity index is 404. The molecule has 0 radical (unpaired) electrons. The van der Waals surface area contributed by atoms with Crippen LogP contribution in [-0.4, -0.2) is 42.7 Å². The number of aryl methyl sites for hydroxylation is 1. The maximum absolute atomic E-state index is 12.4. The van der Waals surface area contributed by atoms with Gasteiger partial charge in [0.05, 0.1) is 12.7 Å². The lowest BCUT2D eigenvalue weighted by molar-refractivity contribution is 0.0751. The van der Waals surface area contributed by atoms with E-state index in [1.165, 1.54) is 0 Å². The number of nitrogens with zero attached hydrogens (tertiary/aromatic N) is 1. The van der Waals surface area contributed by atoms with E-state index in [1.54, 1.807) is 12.0 Å². The third kappa shape index (κ3) is 3.47. The third-order valence-corrected chi connectivity index (χ3v) is 2.84. The predicted octanol–water partition coefficient (Wildman–Crippen LogP) is 1.85. The average Bonchev–Trinajstić information content (AvgIpc) is 2.39. The zero-order chi connectivity index (χ0) is 13.5. The number of carbonyl (C=O) groups excluding carboxylic acids is 1. The Morgan fingerprint density at radius 2 is 2.17 bits per heavy atom. The number of hydrogen-bond donors (Lipinski definition) is 1. The van der Waals surface area contributed by atoms with Crippen molar-refractivity contribution in [3.8, 4) is 5.75 Å². The van der Waals surface area contributed by atoms with Crippen molar-refractivity contribution in [2.45, 2.75) is 20.3 Å². The fourth-order valence-electron chi connectivity index (χ4n) is 1.82. The van der Waals surface area contributed by atoms with Crippen LogP contribution in [0.3, 0.4) is 0 Å². The van der Waals surface area contributed by atoms with E-state index >= 15 is 0 Å². The Kier molecular flexibility index (Phi) is 5.65. The van der Waals surface area contributed by atoms with E-state index in [0.717, 1.165) is 5.56 Å². The van der Waals surface area contributed by atoms with Crippen molar-refractivity contribution in [1.29, 1.82) is 0 Å². The minimum Gasteiger partial charge on any atom is -0.496 e. The average molecular weight is 251 g/mol. The highest BCUT2D eigenvalue weighted by molar-refractivity contribution is 5.97. The van der Waals surface area contributed by atoms with Crippen LogP contribution in [0, 0.1) is 6.92 Å². The molecule has 100 valence electrons. The van der Waals surface area contributed by atoms with E-state index in [0.29, 0.717) is 30.8 Å². The van der Waals surface area contributed by atoms with Crippen LogP contribution in [0.15, 0.2) is 18.2 Å². The van der Waals surface area contributed by atoms with Crippen molar-refractivity contribution in [1.82, 2.24) is 4.90 Å². The number of aliphatic hydroxyl groups excluding tert-OH is 1. The highest BCUT2D eigenvalue weighted by Crippen LogP contribution is 2.21. The number of carbonyl (C=O) groups is 1. The number of methoxy groups -OCH3 is 1. The van der Waals surface area contributed by atoms with Crippen molar-refractivity contribution in [2.24, 2.45) is 0 Å². The lowest BCUT2D eigenvalue weighted by Gasteiger charge is -2.21. The van der Waals surface area contributed by atoms with Crippen LogP contribution >= 0.6 is 0 Å². The van der Waals surface area contributed by atoms with E-state index in [1.807, 2.05) is 32.0 Å². The van der Waals surface area contributed by atoms with Gasteiger partial charge in [-0.1, -0.05) is 11.6 Å². The molecule has 0 aliphatic rings. The highest BCUT2D eigenvalue weighted by atomic mass is 16.5. The molecule has 1 aromatic rings. The molecule has 0 aliphatic carbocycles. The molecular weight excluding hydrogens is 230 g/mol. The maximum atomic E-state index is 12.4. The van der Waals surface area contributed by atoms with E-state index in [-0.39, 0.29) is 12.5 Å². The maximum Gasteiger partial charge on any atom is 0.257 e. The fourth-order valence-corrected chi connectivity index (χ4v) is 1.82. The molecule has 0 heterocycles. The quantitative estimate of drug-likeness (QED) is 0.839. The Morgan fingerprint density at radius 1 is 1.44 bits per heavy atom. The van der Waals surface area contributed by atoms with Gasteiger partial charge in [0.2, 0.25) is 0 Å². The fraction of sp³-hybridized carbons (Fsp3) is 0.500. The number of benzene rings is 1. The Labute approximate surface area is 108 Å². The van der Waals surface area contributed by atoms with Crippen molar-refractivity contribution in [2.75, 3.05) is 26.8 Å². The SMILES string of the molecule is CCN(CCCO)C(=O)c1cc(C)ccc1OC. The molecule has 0 saturated carbocycles. The van der Waals surface area contributed by atoms with Crippen LogP contribution in [0.4, 0.5) is 0 Å². The van der Waals surface area contributed by atoms with Gasteiger partial charge in [0.1, 0.15) is 5.75 Å². The van der Waals surface area contributed by atoms with Crippen LogP contribution < -0.4 is 4.74 Å². The molecule has 18 heavy (non-hydrogen) atoms. The van der Waals surface area contributed by atoms with Crippen molar-refractivity contribution < 1.29 is 14.6 Å². The molecule has 1 N–H and O–H groups in total. The minimum atomic E-state index is -0.0495. The predicted molar refractivity (Wildman–Crippen MR) is 71.0 cm³/mol. The third-order valence-electron chi connectivity index (χ3n) is 2.84. The molecule has 0 atom stereocenters. The van der Waals surface area contributed by atoms with Crippen molar-refractivity contribution >= 4 is 5.91 Å². The van der Waals surface area contributed by atoms with E-state index in [9.17, 15) is 4.79 Å². The number of aliphatic hydroxyl groups is 1. The number of amides is 1. The van der Waals surface area contributed by atoms with Crippen LogP contribution in [0.25, 0.3) is 0 Å². The lowest BCUT2D eigenvalue weighted by atomic mass is 10.1. The lowest BCUT2D eigenvalue weighted by Crippen LogP contribution is -2.32. The normalized spacial score (nSPS) is 10.2. The Morgan fingerprint density at radius 3 is 2.72 bits per heavy atom. The summed E-state index contributed by atoms with van der Waals surface area (Å²) in [5.41, 5.74) is 1.61. The first-order valence-electron chi connectivity index (χ1n) is 6.18. The molecule has 0 spiro atoms. The van der Waals surface area contributed by atoms with Gasteiger partial charge in [0.25, 0.3) is 5.91 Å². The molecule has 4 heteroatoms. The molecule has 0 aliphatic heterocycles. The van der Waals surface area contributed by atoms with Gasteiger partial charge in [-0.25, -0.2) is 0 Å². The molecule has 1 amide bonds. The van der Waals surface area contributed by atoms with Gasteiger partial charge in [0.15, 0.2) is 0 Å². The van der Waals surface area contributed by atoms with E-state index in [2.05, 4.69) is 0 Å². The summed E-state index contributed by atoms with van der Waals surface area (Å²) in [7, 11) is 1.56. The number of rotatable bonds is 6. The summed E-state index contributed by atoms with van der Waals surface area (Å²) < 4.78 is 5.22.